The van der Waals surface area contributed by atoms with Gasteiger partial charge in [0.15, 0.2) is 5.69 Å². The fraction of sp³-hybridized carbons (Fsp3) is 0.0714. The molecule has 0 unspecified atom stereocenters. The van der Waals surface area contributed by atoms with Gasteiger partial charge in [-0.15, -0.1) is 0 Å². The van der Waals surface area contributed by atoms with E-state index in [0.717, 1.165) is 0 Å². The molecule has 1 aromatic heterocycles. The van der Waals surface area contributed by atoms with Gasteiger partial charge in [-0.05, 0) is 23.8 Å². The third-order valence-electron chi connectivity index (χ3n) is 2.75. The minimum absolute atomic E-state index is 0.0512. The Morgan fingerprint density at radius 2 is 2.09 bits per heavy atom. The summed E-state index contributed by atoms with van der Waals surface area (Å²) in [5, 5.41) is 10.7. The van der Waals surface area contributed by atoms with Gasteiger partial charge in [-0.25, -0.2) is 9.37 Å². The van der Waals surface area contributed by atoms with Crippen LogP contribution in [-0.4, -0.2) is 36.6 Å². The molecule has 1 amide bonds. The third-order valence-corrected chi connectivity index (χ3v) is 2.75. The van der Waals surface area contributed by atoms with Crippen molar-refractivity contribution in [1.29, 1.82) is 0 Å². The first-order valence-corrected chi connectivity index (χ1v) is 6.14. The standard InChI is InChI=1S/C14H10BFN2O4/c15-22-11-5-9(8-2-1-3-10(16)4-8)6-17-13(11)14(21)18-7-12(19)20/h1-6H,7H2,(H,18,21)(H,19,20). The summed E-state index contributed by atoms with van der Waals surface area (Å²) in [6, 6.07) is 7.19. The number of rotatable bonds is 5. The topological polar surface area (TPSA) is 88.5 Å². The number of pyridine rings is 1. The highest BCUT2D eigenvalue weighted by atomic mass is 19.1. The van der Waals surface area contributed by atoms with E-state index in [9.17, 15) is 14.0 Å². The van der Waals surface area contributed by atoms with Gasteiger partial charge in [0.05, 0.1) is 0 Å². The third kappa shape index (κ3) is 3.60. The summed E-state index contributed by atoms with van der Waals surface area (Å²) < 4.78 is 17.8. The van der Waals surface area contributed by atoms with Crippen molar-refractivity contribution in [3.05, 3.63) is 48.0 Å². The monoisotopic (exact) mass is 300 g/mol. The number of carbonyl (C=O) groups excluding carboxylic acids is 1. The van der Waals surface area contributed by atoms with Crippen molar-refractivity contribution in [3.8, 4) is 16.9 Å². The van der Waals surface area contributed by atoms with E-state index in [2.05, 4.69) is 15.0 Å². The van der Waals surface area contributed by atoms with Gasteiger partial charge in [-0.3, -0.25) is 9.59 Å². The van der Waals surface area contributed by atoms with E-state index < -0.39 is 24.2 Å². The Bertz CT molecular complexity index is 724. The lowest BCUT2D eigenvalue weighted by molar-refractivity contribution is -0.135. The van der Waals surface area contributed by atoms with Gasteiger partial charge in [0.2, 0.25) is 0 Å². The second kappa shape index (κ2) is 6.71. The van der Waals surface area contributed by atoms with E-state index in [4.69, 9.17) is 13.2 Å². The Labute approximate surface area is 126 Å². The first-order valence-electron chi connectivity index (χ1n) is 6.14. The van der Waals surface area contributed by atoms with E-state index in [1.54, 1.807) is 6.07 Å². The maximum atomic E-state index is 13.2. The van der Waals surface area contributed by atoms with Crippen molar-refractivity contribution in [2.45, 2.75) is 0 Å². The summed E-state index contributed by atoms with van der Waals surface area (Å²) in [4.78, 5) is 26.1. The highest BCUT2D eigenvalue weighted by molar-refractivity contribution is 6.03. The van der Waals surface area contributed by atoms with Crippen LogP contribution in [0.15, 0.2) is 36.5 Å². The van der Waals surface area contributed by atoms with Crippen LogP contribution in [0.25, 0.3) is 11.1 Å². The molecule has 0 bridgehead atoms. The van der Waals surface area contributed by atoms with Crippen molar-refractivity contribution >= 4 is 19.9 Å². The maximum Gasteiger partial charge on any atom is 0.374 e. The predicted octanol–water partition coefficient (Wildman–Crippen LogP) is 1.16. The van der Waals surface area contributed by atoms with Crippen LogP contribution in [-0.2, 0) is 4.79 Å². The molecule has 0 atom stereocenters. The van der Waals surface area contributed by atoms with Gasteiger partial charge >= 0.3 is 14.0 Å². The summed E-state index contributed by atoms with van der Waals surface area (Å²) >= 11 is 0. The molecule has 22 heavy (non-hydrogen) atoms. The Morgan fingerprint density at radius 1 is 1.32 bits per heavy atom. The molecule has 0 fully saturated rings. The molecule has 2 aromatic rings. The van der Waals surface area contributed by atoms with Crippen LogP contribution in [0.1, 0.15) is 10.5 Å². The molecule has 0 spiro atoms. The molecule has 2 N–H and O–H groups in total. The van der Waals surface area contributed by atoms with E-state index >= 15 is 0 Å². The molecule has 8 heteroatoms. The van der Waals surface area contributed by atoms with Crippen molar-refractivity contribution in [3.63, 3.8) is 0 Å². The normalized spacial score (nSPS) is 10.0. The zero-order chi connectivity index (χ0) is 16.1. The van der Waals surface area contributed by atoms with Gasteiger partial charge < -0.3 is 15.1 Å². The van der Waals surface area contributed by atoms with Crippen LogP contribution < -0.4 is 9.97 Å². The number of benzene rings is 1. The number of nitrogens with one attached hydrogen (secondary N) is 1. The van der Waals surface area contributed by atoms with Crippen molar-refractivity contribution in [2.24, 2.45) is 0 Å². The number of carboxylic acid groups (broad SMARTS) is 1. The van der Waals surface area contributed by atoms with Gasteiger partial charge in [-0.2, -0.15) is 0 Å². The van der Waals surface area contributed by atoms with E-state index in [-0.39, 0.29) is 11.4 Å². The van der Waals surface area contributed by atoms with Crippen molar-refractivity contribution in [2.75, 3.05) is 6.54 Å². The van der Waals surface area contributed by atoms with E-state index in [1.165, 1.54) is 30.5 Å². The molecule has 0 saturated heterocycles. The van der Waals surface area contributed by atoms with Gasteiger partial charge in [-0.1, -0.05) is 12.1 Å². The van der Waals surface area contributed by atoms with Crippen LogP contribution in [0.4, 0.5) is 4.39 Å². The first kappa shape index (κ1) is 15.5. The lowest BCUT2D eigenvalue weighted by Gasteiger charge is -2.10. The predicted molar refractivity (Wildman–Crippen MR) is 76.0 cm³/mol. The number of aromatic nitrogens is 1. The molecule has 2 rings (SSSR count). The minimum Gasteiger partial charge on any atom is -0.566 e. The molecule has 6 nitrogen and oxygen atoms in total. The zero-order valence-electron chi connectivity index (χ0n) is 11.2. The number of halogens is 1. The summed E-state index contributed by atoms with van der Waals surface area (Å²) in [6.07, 6.45) is 1.34. The van der Waals surface area contributed by atoms with Crippen LogP contribution in [0.3, 0.4) is 0 Å². The molecule has 1 aromatic carbocycles. The summed E-state index contributed by atoms with van der Waals surface area (Å²) in [5.41, 5.74) is 0.863. The molecular formula is C14H10BFN2O4. The molecule has 110 valence electrons. The molecular weight excluding hydrogens is 290 g/mol. The SMILES string of the molecule is [B]Oc1cc(-c2cccc(F)c2)cnc1C(=O)NCC(=O)O. The highest BCUT2D eigenvalue weighted by Crippen LogP contribution is 2.25. The van der Waals surface area contributed by atoms with E-state index in [0.29, 0.717) is 11.1 Å². The number of nitrogens with zero attached hydrogens (tertiary/aromatic N) is 1. The Balaban J connectivity index is 2.31. The Morgan fingerprint density at radius 3 is 2.73 bits per heavy atom. The minimum atomic E-state index is -1.19. The zero-order valence-corrected chi connectivity index (χ0v) is 11.2. The maximum absolute atomic E-state index is 13.2. The number of carbonyl (C=O) groups is 2. The lowest BCUT2D eigenvalue weighted by atomic mass is 10.1. The Kier molecular flexibility index (Phi) is 4.72. The second-order valence-electron chi connectivity index (χ2n) is 4.28. The van der Waals surface area contributed by atoms with Crippen molar-refractivity contribution < 1.29 is 23.7 Å². The van der Waals surface area contributed by atoms with Gasteiger partial charge in [0, 0.05) is 11.8 Å². The first-order chi connectivity index (χ1) is 10.5. The fourth-order valence-electron chi connectivity index (χ4n) is 1.77. The number of aliphatic carboxylic acids is 1. The smallest absolute Gasteiger partial charge is 0.374 e. The van der Waals surface area contributed by atoms with Gasteiger partial charge in [0.1, 0.15) is 18.1 Å². The van der Waals surface area contributed by atoms with Gasteiger partial charge in [0.25, 0.3) is 5.91 Å². The van der Waals surface area contributed by atoms with Crippen LogP contribution in [0.2, 0.25) is 0 Å². The summed E-state index contributed by atoms with van der Waals surface area (Å²) in [6.45, 7) is -0.559. The summed E-state index contributed by atoms with van der Waals surface area (Å²) in [7, 11) is 5.11. The average Bonchev–Trinajstić information content (AvgIpc) is 2.52. The van der Waals surface area contributed by atoms with Crippen LogP contribution in [0, 0.1) is 5.82 Å². The molecule has 1 heterocycles. The average molecular weight is 300 g/mol. The Hall–Kier alpha value is -2.90. The number of carboxylic acids is 1. The molecule has 0 aliphatic heterocycles. The number of hydrogen-bond acceptors (Lipinski definition) is 4. The van der Waals surface area contributed by atoms with Crippen molar-refractivity contribution in [1.82, 2.24) is 10.3 Å². The fourth-order valence-corrected chi connectivity index (χ4v) is 1.77. The number of amides is 1. The highest BCUT2D eigenvalue weighted by Gasteiger charge is 2.15. The quantitative estimate of drug-likeness (QED) is 0.809. The van der Waals surface area contributed by atoms with E-state index in [1.807, 2.05) is 0 Å². The largest absolute Gasteiger partial charge is 0.566 e. The lowest BCUT2D eigenvalue weighted by Crippen LogP contribution is -2.30. The molecule has 0 aliphatic rings. The second-order valence-corrected chi connectivity index (χ2v) is 4.28. The molecule has 0 aliphatic carbocycles. The molecule has 0 saturated carbocycles. The number of hydrogen-bond donors (Lipinski definition) is 2. The summed E-state index contributed by atoms with van der Waals surface area (Å²) in [5.74, 6) is -2.41. The van der Waals surface area contributed by atoms with Crippen LogP contribution >= 0.6 is 0 Å². The molecule has 2 radical (unpaired) electrons. The van der Waals surface area contributed by atoms with Crippen LogP contribution in [0.5, 0.6) is 5.75 Å².